The summed E-state index contributed by atoms with van der Waals surface area (Å²) in [6.45, 7) is 7.73. The summed E-state index contributed by atoms with van der Waals surface area (Å²) in [7, 11) is -0.680. The molecule has 16 aromatic rings. The minimum absolute atomic E-state index is 0.0918. The van der Waals surface area contributed by atoms with Gasteiger partial charge in [0.05, 0.1) is 54.8 Å². The van der Waals surface area contributed by atoms with Gasteiger partial charge in [0, 0.05) is 174 Å². The maximum absolute atomic E-state index is 15.0. The highest BCUT2D eigenvalue weighted by Gasteiger charge is 2.52. The Hall–Kier alpha value is -10.8. The predicted octanol–water partition coefficient (Wildman–Crippen LogP) is 23.7. The molecule has 1 aliphatic heterocycles. The fourth-order valence-corrected chi connectivity index (χ4v) is 17.6. The van der Waals surface area contributed by atoms with Crippen LogP contribution in [0.5, 0.6) is 0 Å². The number of hydrogen-bond acceptors (Lipinski definition) is 22. The van der Waals surface area contributed by atoms with E-state index >= 15 is 4.39 Å². The molecular formula is C89H78BBr3ClF8N19O4S5. The second-order valence-corrected chi connectivity index (χ2v) is 39.1. The van der Waals surface area contributed by atoms with Gasteiger partial charge in [-0.05, 0) is 242 Å². The largest absolute Gasteiger partial charge is 0.497 e. The van der Waals surface area contributed by atoms with Crippen LogP contribution in [-0.4, -0.2) is 104 Å². The Balaban J connectivity index is 0.000000118. The zero-order valence-corrected chi connectivity index (χ0v) is 78.9. The Labute approximate surface area is 790 Å². The molecule has 6 aromatic carbocycles. The van der Waals surface area contributed by atoms with E-state index < -0.39 is 75.5 Å². The van der Waals surface area contributed by atoms with Crippen LogP contribution in [0.1, 0.15) is 171 Å². The predicted molar refractivity (Wildman–Crippen MR) is 503 cm³/mol. The number of carbonyl (C=O) groups excluding carboxylic acids is 2. The molecule has 670 valence electrons. The molecule has 6 aliphatic rings. The molecule has 11 heterocycles. The molecule has 0 spiro atoms. The summed E-state index contributed by atoms with van der Waals surface area (Å²) in [6, 6.07) is 24.5. The smallest absolute Gasteiger partial charge is 0.399 e. The third-order valence-corrected chi connectivity index (χ3v) is 27.0. The molecule has 23 nitrogen and oxygen atoms in total. The number of rotatable bonds is 16. The van der Waals surface area contributed by atoms with Crippen molar-refractivity contribution in [1.29, 1.82) is 0 Å². The first-order valence-electron chi connectivity index (χ1n) is 40.5. The molecule has 1 saturated heterocycles. The van der Waals surface area contributed by atoms with Gasteiger partial charge in [-0.3, -0.25) is 14.7 Å². The topological polar surface area (TPSA) is 307 Å². The van der Waals surface area contributed by atoms with Crippen LogP contribution in [0.25, 0.3) is 53.9 Å². The van der Waals surface area contributed by atoms with Gasteiger partial charge in [-0.2, -0.15) is 25.5 Å². The zero-order chi connectivity index (χ0) is 91.8. The van der Waals surface area contributed by atoms with Gasteiger partial charge < -0.3 is 31.8 Å². The van der Waals surface area contributed by atoms with Gasteiger partial charge in [-0.25, -0.2) is 78.8 Å². The van der Waals surface area contributed by atoms with Crippen LogP contribution in [0, 0.1) is 46.5 Å². The highest BCUT2D eigenvalue weighted by molar-refractivity contribution is 9.11. The number of nitrogen functional groups attached to an aromatic ring is 3. The quantitative estimate of drug-likeness (QED) is 0.0260. The number of thiazole rings is 5. The van der Waals surface area contributed by atoms with Crippen LogP contribution in [0.2, 0.25) is 0 Å². The molecule has 6 fully saturated rings. The zero-order valence-electron chi connectivity index (χ0n) is 69.3. The van der Waals surface area contributed by atoms with Crippen LogP contribution in [0.3, 0.4) is 0 Å². The fraction of sp³-hybridized carbons (Fsp3) is 0.236. The van der Waals surface area contributed by atoms with Crippen molar-refractivity contribution in [1.82, 2.24) is 74.2 Å². The molecule has 0 radical (unpaired) electrons. The van der Waals surface area contributed by atoms with Crippen molar-refractivity contribution in [3.63, 3.8) is 0 Å². The Morgan fingerprint density at radius 2 is 0.800 bits per heavy atom. The first-order chi connectivity index (χ1) is 62.4. The summed E-state index contributed by atoms with van der Waals surface area (Å²) in [5.41, 5.74) is 25.1. The molecule has 41 heteroatoms. The van der Waals surface area contributed by atoms with Crippen molar-refractivity contribution in [3.05, 3.63) is 297 Å². The highest BCUT2D eigenvalue weighted by Crippen LogP contribution is 2.49. The van der Waals surface area contributed by atoms with Gasteiger partial charge >= 0.3 is 7.12 Å². The Bertz CT molecular complexity index is 6410. The van der Waals surface area contributed by atoms with Gasteiger partial charge in [0.15, 0.2) is 3.92 Å². The summed E-state index contributed by atoms with van der Waals surface area (Å²) in [5.74, 6) is -3.87. The Morgan fingerprint density at radius 1 is 0.438 bits per heavy atom. The van der Waals surface area contributed by atoms with Gasteiger partial charge in [0.1, 0.15) is 57.7 Å². The van der Waals surface area contributed by atoms with Crippen molar-refractivity contribution >= 4 is 163 Å². The molecule has 5 saturated carbocycles. The first kappa shape index (κ1) is 93.9. The molecule has 0 atom stereocenters. The van der Waals surface area contributed by atoms with E-state index in [2.05, 4.69) is 109 Å². The van der Waals surface area contributed by atoms with Crippen molar-refractivity contribution in [2.24, 2.45) is 0 Å². The maximum Gasteiger partial charge on any atom is 0.497 e. The number of hydrogen-bond donors (Lipinski definition) is 5. The summed E-state index contributed by atoms with van der Waals surface area (Å²) in [4.78, 5) is 43.5. The number of nitrogens with two attached hydrogens (primary N) is 3. The number of aromatic amines is 1. The molecule has 22 rings (SSSR count). The van der Waals surface area contributed by atoms with Gasteiger partial charge in [-0.15, -0.1) is 56.7 Å². The number of nitrogens with zero attached hydrogens (tertiary/aromatic N) is 14. The van der Waals surface area contributed by atoms with E-state index in [-0.39, 0.29) is 23.2 Å². The molecule has 0 bridgehead atoms. The second kappa shape index (κ2) is 41.3. The van der Waals surface area contributed by atoms with Crippen LogP contribution in [0.15, 0.2) is 211 Å². The number of nitrogens with one attached hydrogen (secondary N) is 2. The standard InChI is InChI=1S/C22H15F3N4OS.2C15H13FN4S.C12H17BFNO2.C9H8BrN3S.C7H3ClF2O.C6H7BrN2.C3H2BrNS/c23-16-2-1-3-17(24)19(16)21(30)27-13-6-7-14(18(25)10-13)15-11-29(22-26-8-9-31-22)28-20(15)12-4-5-12;2*16-13-7-10(17)3-4-11(13)12-8-20(15-18-5-6-21-15)19-14(12)9-1-2-9;1-11(2)12(3,4)17-13(16-11)9-6-5-8(15)7-10(9)14;10-7-5-13(9-11-3-4-14-9)12-8(7)6-1-2-6;8-7(11)6-4(9)2-1-3-5(6)10;7-5-3-8-9-6(5)4-1-2-4;4-3-5-1-2-6-3/h1-3,6-12H,4-5H2,(H,27,30);2*3-9H,1-2,17H2;5-7H,15H2,1-4H3;3-6H,1-2H2;1-3H;3-4H,1-2H2,(H,8,9);1-2H. The number of anilines is 4. The van der Waals surface area contributed by atoms with Crippen molar-refractivity contribution in [2.45, 2.75) is 133 Å². The van der Waals surface area contributed by atoms with E-state index in [1.165, 1.54) is 107 Å². The van der Waals surface area contributed by atoms with E-state index in [1.807, 2.05) is 84.1 Å². The van der Waals surface area contributed by atoms with Gasteiger partial charge in [0.2, 0.25) is 20.5 Å². The Morgan fingerprint density at radius 3 is 1.13 bits per heavy atom. The second-order valence-electron chi connectivity index (χ2n) is 31.4. The van der Waals surface area contributed by atoms with Crippen LogP contribution >= 0.6 is 116 Å². The number of benzene rings is 6. The summed E-state index contributed by atoms with van der Waals surface area (Å²) in [6.07, 6.45) is 29.6. The summed E-state index contributed by atoms with van der Waals surface area (Å²) < 4.78 is 132. The van der Waals surface area contributed by atoms with E-state index in [1.54, 1.807) is 110 Å². The molecular weight excluding hydrogens is 2000 g/mol. The maximum atomic E-state index is 15.0. The monoisotopic (exact) mass is 2070 g/mol. The third-order valence-electron chi connectivity index (χ3n) is 21.2. The number of carbonyl (C=O) groups is 2. The van der Waals surface area contributed by atoms with E-state index in [4.69, 9.17) is 38.1 Å². The Kier molecular flexibility index (Phi) is 29.9. The molecule has 1 amide bonds. The van der Waals surface area contributed by atoms with Crippen LogP contribution in [-0.2, 0) is 9.31 Å². The minimum atomic E-state index is -1.12. The lowest BCUT2D eigenvalue weighted by Crippen LogP contribution is -2.41. The lowest BCUT2D eigenvalue weighted by Gasteiger charge is -2.32. The van der Waals surface area contributed by atoms with Crippen LogP contribution < -0.4 is 28.0 Å². The molecule has 8 N–H and O–H groups in total. The molecule has 5 aliphatic carbocycles. The van der Waals surface area contributed by atoms with E-state index in [0.717, 1.165) is 137 Å². The lowest BCUT2D eigenvalue weighted by molar-refractivity contribution is 0.00578. The average Bonchev–Trinajstić information content (AvgIpc) is 1.66. The third kappa shape index (κ3) is 23.4. The van der Waals surface area contributed by atoms with Gasteiger partial charge in [-0.1, -0.05) is 18.2 Å². The number of halogens is 12. The number of H-pyrrole nitrogens is 1. The fourth-order valence-electron chi connectivity index (χ4n) is 13.2. The van der Waals surface area contributed by atoms with Gasteiger partial charge in [0.25, 0.3) is 11.1 Å². The van der Waals surface area contributed by atoms with Crippen molar-refractivity contribution < 1.29 is 54.0 Å². The van der Waals surface area contributed by atoms with Crippen LogP contribution in [0.4, 0.5) is 57.9 Å². The molecule has 130 heavy (non-hydrogen) atoms. The van der Waals surface area contributed by atoms with E-state index in [0.29, 0.717) is 67.7 Å². The normalized spacial score (nSPS) is 15.0. The number of aromatic nitrogens is 15. The SMILES string of the molecule is Brc1cn(-c2nccs2)nc1C1CC1.Brc1cn[nH]c1C1CC1.Brc1nccs1.CC1(C)OB(c2ccc(N)cc2F)OC1(C)C.Nc1ccc(-c2cn(-c3nccs3)nc2C2CC2)c(F)c1.Nc1ccc(-c2cn(-c3nccs3)nc2C2CC2)c(F)c1.O=C(Cl)c1c(F)cccc1F.O=C(Nc1ccc(-c2cn(-c3nccs3)nc2C2CC2)c(F)c1)c1c(F)cccc1F. The minimum Gasteiger partial charge on any atom is -0.399 e. The highest BCUT2D eigenvalue weighted by atomic mass is 79.9. The molecule has 10 aromatic heterocycles. The number of amides is 1. The van der Waals surface area contributed by atoms with E-state index in [9.17, 15) is 40.3 Å². The van der Waals surface area contributed by atoms with Crippen molar-refractivity contribution in [3.8, 4) is 53.9 Å². The molecule has 0 unspecified atom stereocenters. The average molecular weight is 2080 g/mol. The lowest BCUT2D eigenvalue weighted by atomic mass is 9.78. The summed E-state index contributed by atoms with van der Waals surface area (Å²) in [5, 5.41) is 39.2. The first-order valence-corrected chi connectivity index (χ1v) is 47.7. The summed E-state index contributed by atoms with van der Waals surface area (Å²) >= 11 is 22.7. The van der Waals surface area contributed by atoms with Crippen molar-refractivity contribution in [2.75, 3.05) is 22.5 Å².